The second kappa shape index (κ2) is 6.93. The summed E-state index contributed by atoms with van der Waals surface area (Å²) in [5, 5.41) is 2.85. The molecule has 1 N–H and O–H groups in total. The number of nitrogens with one attached hydrogen (secondary N) is 1. The Morgan fingerprint density at radius 3 is 2.65 bits per heavy atom. The Balaban J connectivity index is 1.65. The van der Waals surface area contributed by atoms with E-state index in [2.05, 4.69) is 21.2 Å². The molecular weight excluding hydrogens is 378 g/mol. The maximum absolute atomic E-state index is 12.1. The number of hydrogen-bond donors (Lipinski definition) is 1. The summed E-state index contributed by atoms with van der Waals surface area (Å²) in [6.07, 6.45) is 1.47. The van der Waals surface area contributed by atoms with Crippen LogP contribution in [0.5, 0.6) is 0 Å². The average Bonchev–Trinajstić information content (AvgIpc) is 3.24. The first-order valence-corrected chi connectivity index (χ1v) is 8.46. The second-order valence-electron chi connectivity index (χ2n) is 4.73. The molecule has 2 heterocycles. The Morgan fingerprint density at radius 2 is 1.91 bits per heavy atom. The quantitative estimate of drug-likeness (QED) is 0.663. The molecule has 0 spiro atoms. The van der Waals surface area contributed by atoms with E-state index < -0.39 is 0 Å². The number of hydrogen-bond acceptors (Lipinski definition) is 4. The van der Waals surface area contributed by atoms with Gasteiger partial charge in [-0.3, -0.25) is 9.59 Å². The standard InChI is InChI=1S/C17H12BrNO3S/c18-13-5-2-1-4-12(13)17(21)19-10-11-7-8-15(23-11)16(20)14-6-3-9-22-14/h1-9H,10H2,(H,19,21). The fourth-order valence-electron chi connectivity index (χ4n) is 2.03. The molecule has 1 amide bonds. The number of carbonyl (C=O) groups excluding carboxylic acids is 2. The van der Waals surface area contributed by atoms with Crippen molar-refractivity contribution in [2.45, 2.75) is 6.54 Å². The van der Waals surface area contributed by atoms with Gasteiger partial charge in [-0.05, 0) is 52.3 Å². The maximum atomic E-state index is 12.1. The summed E-state index contributed by atoms with van der Waals surface area (Å²) < 4.78 is 5.86. The number of ketones is 1. The van der Waals surface area contributed by atoms with Gasteiger partial charge in [0.1, 0.15) is 0 Å². The zero-order valence-corrected chi connectivity index (χ0v) is 14.3. The molecule has 0 fully saturated rings. The summed E-state index contributed by atoms with van der Waals surface area (Å²) >= 11 is 4.70. The SMILES string of the molecule is O=C(c1ccco1)c1ccc(CNC(=O)c2ccccc2Br)s1. The highest BCUT2D eigenvalue weighted by molar-refractivity contribution is 9.10. The van der Waals surface area contributed by atoms with Gasteiger partial charge in [-0.1, -0.05) is 12.1 Å². The van der Waals surface area contributed by atoms with E-state index in [0.717, 1.165) is 9.35 Å². The number of thiophene rings is 1. The van der Waals surface area contributed by atoms with E-state index in [0.29, 0.717) is 22.7 Å². The van der Waals surface area contributed by atoms with Gasteiger partial charge in [0.15, 0.2) is 5.76 Å². The minimum atomic E-state index is -0.162. The number of benzene rings is 1. The summed E-state index contributed by atoms with van der Waals surface area (Å²) in [6.45, 7) is 0.371. The zero-order chi connectivity index (χ0) is 16.2. The van der Waals surface area contributed by atoms with Crippen molar-refractivity contribution in [3.8, 4) is 0 Å². The third-order valence-electron chi connectivity index (χ3n) is 3.17. The summed E-state index contributed by atoms with van der Waals surface area (Å²) in [5.41, 5.74) is 0.580. The highest BCUT2D eigenvalue weighted by Crippen LogP contribution is 2.21. The minimum Gasteiger partial charge on any atom is -0.461 e. The summed E-state index contributed by atoms with van der Waals surface area (Å²) in [6, 6.07) is 14.1. The van der Waals surface area contributed by atoms with Gasteiger partial charge < -0.3 is 9.73 Å². The number of halogens is 1. The van der Waals surface area contributed by atoms with E-state index in [1.807, 2.05) is 24.3 Å². The first kappa shape index (κ1) is 15.7. The van der Waals surface area contributed by atoms with E-state index in [-0.39, 0.29) is 11.7 Å². The van der Waals surface area contributed by atoms with Gasteiger partial charge in [-0.25, -0.2) is 0 Å². The van der Waals surface area contributed by atoms with E-state index in [4.69, 9.17) is 4.42 Å². The molecule has 1 aromatic carbocycles. The van der Waals surface area contributed by atoms with Crippen LogP contribution < -0.4 is 5.32 Å². The number of carbonyl (C=O) groups is 2. The molecule has 4 nitrogen and oxygen atoms in total. The molecule has 0 aliphatic heterocycles. The number of rotatable bonds is 5. The molecule has 0 aliphatic carbocycles. The van der Waals surface area contributed by atoms with Crippen LogP contribution in [0.1, 0.15) is 30.7 Å². The third-order valence-corrected chi connectivity index (χ3v) is 4.95. The molecule has 0 saturated carbocycles. The zero-order valence-electron chi connectivity index (χ0n) is 11.9. The fourth-order valence-corrected chi connectivity index (χ4v) is 3.39. The monoisotopic (exact) mass is 389 g/mol. The molecule has 0 atom stereocenters. The molecule has 3 aromatic rings. The minimum absolute atomic E-state index is 0.150. The first-order chi connectivity index (χ1) is 11.1. The molecule has 0 radical (unpaired) electrons. The molecule has 23 heavy (non-hydrogen) atoms. The van der Waals surface area contributed by atoms with Gasteiger partial charge in [0, 0.05) is 9.35 Å². The Labute approximate surface area is 145 Å². The van der Waals surface area contributed by atoms with E-state index in [9.17, 15) is 9.59 Å². The van der Waals surface area contributed by atoms with E-state index >= 15 is 0 Å². The lowest BCUT2D eigenvalue weighted by Gasteiger charge is -2.05. The van der Waals surface area contributed by atoms with Crippen molar-refractivity contribution in [2.75, 3.05) is 0 Å². The largest absolute Gasteiger partial charge is 0.461 e. The van der Waals surface area contributed by atoms with Crippen LogP contribution in [-0.4, -0.2) is 11.7 Å². The molecule has 2 aromatic heterocycles. The van der Waals surface area contributed by atoms with Crippen LogP contribution in [0.3, 0.4) is 0 Å². The number of amides is 1. The fraction of sp³-hybridized carbons (Fsp3) is 0.0588. The molecule has 3 rings (SSSR count). The van der Waals surface area contributed by atoms with Gasteiger partial charge in [0.25, 0.3) is 5.91 Å². The van der Waals surface area contributed by atoms with Crippen LogP contribution in [0.4, 0.5) is 0 Å². The van der Waals surface area contributed by atoms with Gasteiger partial charge in [0.2, 0.25) is 5.78 Å². The molecule has 0 aliphatic rings. The van der Waals surface area contributed by atoms with E-state index in [1.54, 1.807) is 24.3 Å². The normalized spacial score (nSPS) is 10.5. The van der Waals surface area contributed by atoms with Crippen molar-refractivity contribution in [2.24, 2.45) is 0 Å². The summed E-state index contributed by atoms with van der Waals surface area (Å²) in [4.78, 5) is 25.8. The second-order valence-corrected chi connectivity index (χ2v) is 6.76. The van der Waals surface area contributed by atoms with E-state index in [1.165, 1.54) is 17.6 Å². The van der Waals surface area contributed by atoms with Gasteiger partial charge >= 0.3 is 0 Å². The topological polar surface area (TPSA) is 59.3 Å². The highest BCUT2D eigenvalue weighted by Gasteiger charge is 2.15. The third kappa shape index (κ3) is 3.60. The van der Waals surface area contributed by atoms with Crippen LogP contribution in [0, 0.1) is 0 Å². The van der Waals surface area contributed by atoms with Gasteiger partial charge in [-0.2, -0.15) is 0 Å². The predicted molar refractivity (Wildman–Crippen MR) is 91.8 cm³/mol. The maximum Gasteiger partial charge on any atom is 0.252 e. The average molecular weight is 390 g/mol. The first-order valence-electron chi connectivity index (χ1n) is 6.85. The highest BCUT2D eigenvalue weighted by atomic mass is 79.9. The molecule has 0 bridgehead atoms. The Hall–Kier alpha value is -2.18. The predicted octanol–water partition coefficient (Wildman–Crippen LogP) is 4.26. The lowest BCUT2D eigenvalue weighted by molar-refractivity contribution is 0.0949. The van der Waals surface area contributed by atoms with Crippen LogP contribution in [0.2, 0.25) is 0 Å². The Bertz CT molecular complexity index is 839. The van der Waals surface area contributed by atoms with Crippen molar-refractivity contribution >= 4 is 39.0 Å². The number of furan rings is 1. The van der Waals surface area contributed by atoms with Crippen molar-refractivity contribution in [1.82, 2.24) is 5.32 Å². The molecule has 6 heteroatoms. The van der Waals surface area contributed by atoms with Crippen molar-refractivity contribution < 1.29 is 14.0 Å². The van der Waals surface area contributed by atoms with Crippen LogP contribution in [0.25, 0.3) is 0 Å². The molecule has 116 valence electrons. The molecule has 0 unspecified atom stereocenters. The Morgan fingerprint density at radius 1 is 1.09 bits per heavy atom. The van der Waals surface area contributed by atoms with Crippen molar-refractivity contribution in [1.29, 1.82) is 0 Å². The van der Waals surface area contributed by atoms with Gasteiger partial charge in [0.05, 0.1) is 23.2 Å². The van der Waals surface area contributed by atoms with Crippen LogP contribution in [0.15, 0.2) is 63.7 Å². The lowest BCUT2D eigenvalue weighted by Crippen LogP contribution is -2.22. The van der Waals surface area contributed by atoms with Crippen molar-refractivity contribution in [3.63, 3.8) is 0 Å². The lowest BCUT2D eigenvalue weighted by atomic mass is 10.2. The smallest absolute Gasteiger partial charge is 0.252 e. The Kier molecular flexibility index (Phi) is 4.73. The molecule has 0 saturated heterocycles. The van der Waals surface area contributed by atoms with Gasteiger partial charge in [-0.15, -0.1) is 11.3 Å². The molecular formula is C17H12BrNO3S. The van der Waals surface area contributed by atoms with Crippen molar-refractivity contribution in [3.05, 3.63) is 80.3 Å². The summed E-state index contributed by atoms with van der Waals surface area (Å²) in [5.74, 6) is 0.00354. The van der Waals surface area contributed by atoms with Crippen LogP contribution >= 0.6 is 27.3 Å². The van der Waals surface area contributed by atoms with Crippen LogP contribution in [-0.2, 0) is 6.54 Å². The summed E-state index contributed by atoms with van der Waals surface area (Å²) in [7, 11) is 0.